The van der Waals surface area contributed by atoms with Crippen LogP contribution < -0.4 is 0 Å². The molecule has 1 atom stereocenters. The highest BCUT2D eigenvalue weighted by Gasteiger charge is 2.22. The van der Waals surface area contributed by atoms with Crippen molar-refractivity contribution in [3.63, 3.8) is 0 Å². The third-order valence-corrected chi connectivity index (χ3v) is 3.22. The van der Waals surface area contributed by atoms with Crippen LogP contribution in [0.1, 0.15) is 29.0 Å². The van der Waals surface area contributed by atoms with Gasteiger partial charge in [-0.15, -0.1) is 0 Å². The van der Waals surface area contributed by atoms with Crippen molar-refractivity contribution in [2.24, 2.45) is 7.05 Å². The monoisotopic (exact) mass is 259 g/mol. The first kappa shape index (κ1) is 13.1. The van der Waals surface area contributed by atoms with E-state index in [1.807, 2.05) is 19.1 Å². The second-order valence-electron chi connectivity index (χ2n) is 4.53. The highest BCUT2D eigenvalue weighted by atomic mass is 16.3. The first-order valence-electron chi connectivity index (χ1n) is 6.05. The molecule has 0 fully saturated rings. The van der Waals surface area contributed by atoms with Crippen LogP contribution in [0.25, 0.3) is 0 Å². The van der Waals surface area contributed by atoms with E-state index in [2.05, 4.69) is 5.10 Å². The Hall–Kier alpha value is -2.30. The molecule has 0 aliphatic carbocycles. The Balaban J connectivity index is 2.22. The summed E-state index contributed by atoms with van der Waals surface area (Å²) in [5.41, 5.74) is 1.11. The smallest absolute Gasteiger partial charge is 0.274 e. The maximum atomic E-state index is 12.3. The van der Waals surface area contributed by atoms with Gasteiger partial charge in [-0.2, -0.15) is 5.10 Å². The van der Waals surface area contributed by atoms with E-state index >= 15 is 0 Å². The van der Waals surface area contributed by atoms with Crippen LogP contribution in [0.2, 0.25) is 0 Å². The lowest BCUT2D eigenvalue weighted by Gasteiger charge is -2.25. The summed E-state index contributed by atoms with van der Waals surface area (Å²) >= 11 is 0. The Morgan fingerprint density at radius 3 is 2.63 bits per heavy atom. The second kappa shape index (κ2) is 5.14. The van der Waals surface area contributed by atoms with Crippen molar-refractivity contribution in [3.05, 3.63) is 47.8 Å². The Kier molecular flexibility index (Phi) is 3.55. The number of carbonyl (C=O) groups excluding carboxylic acids is 1. The average Bonchev–Trinajstić information content (AvgIpc) is 2.83. The first-order valence-corrected chi connectivity index (χ1v) is 6.05. The summed E-state index contributed by atoms with van der Waals surface area (Å²) in [5, 5.41) is 13.9. The summed E-state index contributed by atoms with van der Waals surface area (Å²) < 4.78 is 1.59. The topological polar surface area (TPSA) is 58.4 Å². The van der Waals surface area contributed by atoms with Gasteiger partial charge in [0.2, 0.25) is 0 Å². The minimum Gasteiger partial charge on any atom is -0.508 e. The zero-order chi connectivity index (χ0) is 14.0. The van der Waals surface area contributed by atoms with E-state index in [0.717, 1.165) is 0 Å². The fraction of sp³-hybridized carbons (Fsp3) is 0.286. The van der Waals surface area contributed by atoms with E-state index in [1.165, 1.54) is 0 Å². The molecule has 2 rings (SSSR count). The van der Waals surface area contributed by atoms with Crippen LogP contribution in [0.15, 0.2) is 36.5 Å². The molecular formula is C14H17N3O2. The van der Waals surface area contributed by atoms with Crippen LogP contribution in [0, 0.1) is 0 Å². The molecule has 5 nitrogen and oxygen atoms in total. The number of carbonyl (C=O) groups is 1. The predicted octanol–water partition coefficient (Wildman–Crippen LogP) is 1.96. The van der Waals surface area contributed by atoms with Crippen LogP contribution in [-0.4, -0.2) is 32.7 Å². The maximum Gasteiger partial charge on any atom is 0.274 e. The molecule has 0 saturated heterocycles. The molecule has 0 aliphatic heterocycles. The van der Waals surface area contributed by atoms with Crippen LogP contribution in [0.5, 0.6) is 5.75 Å². The molecule has 1 aromatic carbocycles. The van der Waals surface area contributed by atoms with Crippen molar-refractivity contribution in [2.75, 3.05) is 7.05 Å². The van der Waals surface area contributed by atoms with Gasteiger partial charge in [0.1, 0.15) is 11.4 Å². The molecule has 1 aromatic heterocycles. The normalized spacial score (nSPS) is 12.2. The standard InChI is InChI=1S/C14H17N3O2/c1-10(11-6-4-5-7-13(11)18)17(3)14(19)12-8-9-16(2)15-12/h4-10,18H,1-3H3. The number of benzene rings is 1. The SMILES string of the molecule is CC(c1ccccc1O)N(C)C(=O)c1ccn(C)n1. The largest absolute Gasteiger partial charge is 0.508 e. The molecule has 19 heavy (non-hydrogen) atoms. The number of hydrogen-bond acceptors (Lipinski definition) is 3. The summed E-state index contributed by atoms with van der Waals surface area (Å²) in [6.07, 6.45) is 1.73. The molecule has 100 valence electrons. The fourth-order valence-electron chi connectivity index (χ4n) is 1.94. The van der Waals surface area contributed by atoms with Crippen LogP contribution in [0.4, 0.5) is 0 Å². The summed E-state index contributed by atoms with van der Waals surface area (Å²) in [7, 11) is 3.47. The number of phenolic OH excluding ortho intramolecular Hbond substituents is 1. The van der Waals surface area contributed by atoms with Gasteiger partial charge in [-0.1, -0.05) is 18.2 Å². The Morgan fingerprint density at radius 1 is 1.37 bits per heavy atom. The van der Waals surface area contributed by atoms with Gasteiger partial charge in [0.25, 0.3) is 5.91 Å². The molecule has 0 spiro atoms. The number of amides is 1. The van der Waals surface area contributed by atoms with E-state index in [-0.39, 0.29) is 17.7 Å². The number of hydrogen-bond donors (Lipinski definition) is 1. The Labute approximate surface area is 112 Å². The second-order valence-corrected chi connectivity index (χ2v) is 4.53. The average molecular weight is 259 g/mol. The molecule has 5 heteroatoms. The number of aryl methyl sites for hydroxylation is 1. The minimum absolute atomic E-state index is 0.170. The lowest BCUT2D eigenvalue weighted by molar-refractivity contribution is 0.0734. The minimum atomic E-state index is -0.226. The maximum absolute atomic E-state index is 12.3. The molecule has 0 radical (unpaired) electrons. The van der Waals surface area contributed by atoms with Gasteiger partial charge in [0.05, 0.1) is 6.04 Å². The van der Waals surface area contributed by atoms with Gasteiger partial charge in [0, 0.05) is 25.9 Å². The fourth-order valence-corrected chi connectivity index (χ4v) is 1.94. The van der Waals surface area contributed by atoms with Gasteiger partial charge in [-0.25, -0.2) is 0 Å². The number of para-hydroxylation sites is 1. The van der Waals surface area contributed by atoms with Gasteiger partial charge in [0.15, 0.2) is 0 Å². The molecule has 0 aliphatic rings. The van der Waals surface area contributed by atoms with Gasteiger partial charge >= 0.3 is 0 Å². The lowest BCUT2D eigenvalue weighted by Crippen LogP contribution is -2.30. The van der Waals surface area contributed by atoms with Crippen molar-refractivity contribution in [2.45, 2.75) is 13.0 Å². The van der Waals surface area contributed by atoms with E-state index in [4.69, 9.17) is 0 Å². The van der Waals surface area contributed by atoms with E-state index in [1.54, 1.807) is 48.1 Å². The van der Waals surface area contributed by atoms with Crippen molar-refractivity contribution in [1.29, 1.82) is 0 Å². The molecule has 1 unspecified atom stereocenters. The molecular weight excluding hydrogens is 242 g/mol. The third kappa shape index (κ3) is 2.59. The Morgan fingerprint density at radius 2 is 2.05 bits per heavy atom. The third-order valence-electron chi connectivity index (χ3n) is 3.22. The van der Waals surface area contributed by atoms with Crippen LogP contribution in [0.3, 0.4) is 0 Å². The summed E-state index contributed by atoms with van der Waals surface area (Å²) in [5.74, 6) is 0.0204. The summed E-state index contributed by atoms with van der Waals surface area (Å²) in [6.45, 7) is 1.87. The van der Waals surface area contributed by atoms with E-state index in [9.17, 15) is 9.90 Å². The van der Waals surface area contributed by atoms with Crippen LogP contribution in [-0.2, 0) is 7.05 Å². The number of aromatic hydroxyl groups is 1. The molecule has 1 N–H and O–H groups in total. The van der Waals surface area contributed by atoms with E-state index in [0.29, 0.717) is 11.3 Å². The quantitative estimate of drug-likeness (QED) is 0.916. The molecule has 2 aromatic rings. The number of aromatic nitrogens is 2. The van der Waals surface area contributed by atoms with E-state index < -0.39 is 0 Å². The van der Waals surface area contributed by atoms with Gasteiger partial charge in [-0.05, 0) is 19.1 Å². The molecule has 1 heterocycles. The summed E-state index contributed by atoms with van der Waals surface area (Å²) in [6, 6.07) is 8.47. The van der Waals surface area contributed by atoms with Crippen molar-refractivity contribution < 1.29 is 9.90 Å². The van der Waals surface area contributed by atoms with Crippen molar-refractivity contribution >= 4 is 5.91 Å². The molecule has 0 bridgehead atoms. The number of rotatable bonds is 3. The zero-order valence-electron chi connectivity index (χ0n) is 11.2. The van der Waals surface area contributed by atoms with Crippen LogP contribution >= 0.6 is 0 Å². The van der Waals surface area contributed by atoms with Gasteiger partial charge in [-0.3, -0.25) is 9.48 Å². The van der Waals surface area contributed by atoms with Crippen molar-refractivity contribution in [3.8, 4) is 5.75 Å². The molecule has 0 saturated carbocycles. The number of phenols is 1. The van der Waals surface area contributed by atoms with Gasteiger partial charge < -0.3 is 10.0 Å². The zero-order valence-corrected chi connectivity index (χ0v) is 11.2. The predicted molar refractivity (Wildman–Crippen MR) is 71.8 cm³/mol. The lowest BCUT2D eigenvalue weighted by atomic mass is 10.1. The Bertz CT molecular complexity index is 592. The summed E-state index contributed by atoms with van der Waals surface area (Å²) in [4.78, 5) is 13.8. The highest BCUT2D eigenvalue weighted by molar-refractivity contribution is 5.92. The molecule has 1 amide bonds. The van der Waals surface area contributed by atoms with Crippen molar-refractivity contribution in [1.82, 2.24) is 14.7 Å². The first-order chi connectivity index (χ1) is 9.00. The number of nitrogens with zero attached hydrogens (tertiary/aromatic N) is 3. The highest BCUT2D eigenvalue weighted by Crippen LogP contribution is 2.27.